The molecule has 0 radical (unpaired) electrons. The fourth-order valence-electron chi connectivity index (χ4n) is 2.25. The lowest BCUT2D eigenvalue weighted by Gasteiger charge is -2.35. The third-order valence-electron chi connectivity index (χ3n) is 3.18. The van der Waals surface area contributed by atoms with E-state index >= 15 is 0 Å². The van der Waals surface area contributed by atoms with Gasteiger partial charge in [-0.3, -0.25) is 9.69 Å². The molecule has 1 amide bonds. The van der Waals surface area contributed by atoms with Gasteiger partial charge in [0.15, 0.2) is 0 Å². The van der Waals surface area contributed by atoms with Gasteiger partial charge in [0, 0.05) is 6.92 Å². The van der Waals surface area contributed by atoms with Crippen LogP contribution in [0.2, 0.25) is 14.4 Å². The highest BCUT2D eigenvalue weighted by molar-refractivity contribution is 7.17. The largest absolute Gasteiger partial charge is 0.432 e. The average Bonchev–Trinajstić information content (AvgIpc) is 2.74. The van der Waals surface area contributed by atoms with E-state index in [9.17, 15) is 9.59 Å². The molecule has 1 aliphatic rings. The highest BCUT2D eigenvalue weighted by Gasteiger charge is 2.39. The summed E-state index contributed by atoms with van der Waals surface area (Å²) in [7, 11) is 0. The second-order valence-electron chi connectivity index (χ2n) is 4.53. The van der Waals surface area contributed by atoms with Crippen LogP contribution >= 0.6 is 46.1 Å². The number of carbonyl (C=O) groups is 2. The van der Waals surface area contributed by atoms with Gasteiger partial charge in [0.1, 0.15) is 4.34 Å². The van der Waals surface area contributed by atoms with Crippen LogP contribution in [-0.4, -0.2) is 11.9 Å². The summed E-state index contributed by atoms with van der Waals surface area (Å²) in [4.78, 5) is 26.0. The van der Waals surface area contributed by atoms with Crippen LogP contribution < -0.4 is 4.90 Å². The molecule has 0 fully saturated rings. The number of carbonyl (C=O) groups excluding carboxylic acids is 2. The first kappa shape index (κ1) is 15.6. The molecular weight excluding hydrogens is 369 g/mol. The first-order valence-corrected chi connectivity index (χ1v) is 8.10. The summed E-state index contributed by atoms with van der Waals surface area (Å²) in [6.45, 7) is 1.38. The predicted octanol–water partition coefficient (Wildman–Crippen LogP) is 4.93. The number of hydrogen-bond acceptors (Lipinski definition) is 4. The molecule has 0 saturated heterocycles. The lowest BCUT2D eigenvalue weighted by atomic mass is 10.1. The van der Waals surface area contributed by atoms with E-state index in [-0.39, 0.29) is 20.3 Å². The molecule has 1 aliphatic heterocycles. The SMILES string of the molecule is CC(=O)N1c2ccccc2C(=O)O[C@@H]1c1sc(Cl)c(Cl)c1Cl. The number of amides is 1. The number of ether oxygens (including phenoxy) is 1. The van der Waals surface area contributed by atoms with E-state index < -0.39 is 12.2 Å². The smallest absolute Gasteiger partial charge is 0.342 e. The van der Waals surface area contributed by atoms with Crippen LogP contribution in [0.4, 0.5) is 5.69 Å². The Balaban J connectivity index is 2.18. The molecule has 0 bridgehead atoms. The molecule has 2 heterocycles. The number of rotatable bonds is 1. The van der Waals surface area contributed by atoms with E-state index in [0.717, 1.165) is 11.3 Å². The first-order chi connectivity index (χ1) is 10.4. The van der Waals surface area contributed by atoms with Crippen molar-refractivity contribution < 1.29 is 14.3 Å². The number of halogens is 3. The summed E-state index contributed by atoms with van der Waals surface area (Å²) in [6.07, 6.45) is -0.984. The molecule has 0 saturated carbocycles. The number of fused-ring (bicyclic) bond motifs is 1. The molecule has 3 rings (SSSR count). The number of anilines is 1. The summed E-state index contributed by atoms with van der Waals surface area (Å²) < 4.78 is 5.67. The van der Waals surface area contributed by atoms with Crippen LogP contribution in [-0.2, 0) is 9.53 Å². The van der Waals surface area contributed by atoms with Gasteiger partial charge in [-0.25, -0.2) is 4.79 Å². The van der Waals surface area contributed by atoms with Crippen molar-refractivity contribution in [3.63, 3.8) is 0 Å². The minimum atomic E-state index is -0.984. The fourth-order valence-corrected chi connectivity index (χ4v) is 4.10. The van der Waals surface area contributed by atoms with Crippen molar-refractivity contribution in [1.82, 2.24) is 0 Å². The second kappa shape index (κ2) is 5.74. The molecule has 0 aliphatic carbocycles. The van der Waals surface area contributed by atoms with Crippen LogP contribution in [0.3, 0.4) is 0 Å². The third-order valence-corrected chi connectivity index (χ3v) is 5.80. The van der Waals surface area contributed by atoms with Crippen molar-refractivity contribution in [1.29, 1.82) is 0 Å². The van der Waals surface area contributed by atoms with Gasteiger partial charge >= 0.3 is 5.97 Å². The van der Waals surface area contributed by atoms with Gasteiger partial charge in [-0.1, -0.05) is 46.9 Å². The average molecular weight is 377 g/mol. The maximum absolute atomic E-state index is 12.2. The highest BCUT2D eigenvalue weighted by Crippen LogP contribution is 2.47. The summed E-state index contributed by atoms with van der Waals surface area (Å²) in [6, 6.07) is 6.71. The topological polar surface area (TPSA) is 46.6 Å². The zero-order valence-corrected chi connectivity index (χ0v) is 14.2. The Labute approximate surface area is 145 Å². The molecule has 0 unspecified atom stereocenters. The Morgan fingerprint density at radius 1 is 1.23 bits per heavy atom. The van der Waals surface area contributed by atoms with Crippen LogP contribution in [0.5, 0.6) is 0 Å². The van der Waals surface area contributed by atoms with E-state index in [0.29, 0.717) is 16.1 Å². The van der Waals surface area contributed by atoms with Crippen LogP contribution in [0.1, 0.15) is 28.4 Å². The standard InChI is InChI=1S/C14H8Cl3NO3S/c1-6(19)18-8-5-3-2-4-7(8)14(20)21-13(18)11-9(15)10(16)12(17)22-11/h2-5,13H,1H3/t13-/m1/s1. The van der Waals surface area contributed by atoms with Crippen molar-refractivity contribution in [3.8, 4) is 0 Å². The van der Waals surface area contributed by atoms with E-state index in [4.69, 9.17) is 39.5 Å². The summed E-state index contributed by atoms with van der Waals surface area (Å²) in [5.74, 6) is -0.823. The lowest BCUT2D eigenvalue weighted by molar-refractivity contribution is -0.118. The molecule has 1 atom stereocenters. The number of thiophene rings is 1. The maximum Gasteiger partial charge on any atom is 0.342 e. The Hall–Kier alpha value is -1.27. The van der Waals surface area contributed by atoms with Gasteiger partial charge < -0.3 is 4.74 Å². The third kappa shape index (κ3) is 2.38. The molecule has 0 spiro atoms. The number of para-hydroxylation sites is 1. The van der Waals surface area contributed by atoms with Crippen LogP contribution in [0, 0.1) is 0 Å². The lowest BCUT2D eigenvalue weighted by Crippen LogP contribution is -2.40. The zero-order chi connectivity index (χ0) is 16.0. The molecule has 4 nitrogen and oxygen atoms in total. The predicted molar refractivity (Wildman–Crippen MR) is 87.1 cm³/mol. The van der Waals surface area contributed by atoms with Gasteiger partial charge in [0.25, 0.3) is 0 Å². The minimum Gasteiger partial charge on any atom is -0.432 e. The maximum atomic E-state index is 12.2. The van der Waals surface area contributed by atoms with E-state index in [1.165, 1.54) is 11.8 Å². The quantitative estimate of drug-likeness (QED) is 0.663. The molecule has 0 N–H and O–H groups in total. The number of cyclic esters (lactones) is 1. The van der Waals surface area contributed by atoms with Gasteiger partial charge in [-0.2, -0.15) is 0 Å². The van der Waals surface area contributed by atoms with Gasteiger partial charge in [0.2, 0.25) is 12.1 Å². The van der Waals surface area contributed by atoms with Crippen molar-refractivity contribution in [2.75, 3.05) is 4.90 Å². The van der Waals surface area contributed by atoms with E-state index in [1.54, 1.807) is 24.3 Å². The molecule has 2 aromatic rings. The number of benzene rings is 1. The number of nitrogens with zero attached hydrogens (tertiary/aromatic N) is 1. The minimum absolute atomic E-state index is 0.181. The van der Waals surface area contributed by atoms with E-state index in [1.807, 2.05) is 0 Å². The van der Waals surface area contributed by atoms with Crippen molar-refractivity contribution in [2.45, 2.75) is 13.2 Å². The molecule has 8 heteroatoms. The van der Waals surface area contributed by atoms with Gasteiger partial charge in [-0.05, 0) is 12.1 Å². The Morgan fingerprint density at radius 2 is 1.91 bits per heavy atom. The zero-order valence-electron chi connectivity index (χ0n) is 11.1. The summed E-state index contributed by atoms with van der Waals surface area (Å²) in [5, 5.41) is 0.363. The Bertz CT molecular complexity index is 790. The highest BCUT2D eigenvalue weighted by atomic mass is 35.5. The number of hydrogen-bond donors (Lipinski definition) is 0. The Morgan fingerprint density at radius 3 is 2.50 bits per heavy atom. The van der Waals surface area contributed by atoms with Gasteiger partial charge in [-0.15, -0.1) is 11.3 Å². The first-order valence-electron chi connectivity index (χ1n) is 6.14. The van der Waals surface area contributed by atoms with Crippen molar-refractivity contribution in [3.05, 3.63) is 49.1 Å². The fraction of sp³-hybridized carbons (Fsp3) is 0.143. The Kier molecular flexibility index (Phi) is 4.07. The van der Waals surface area contributed by atoms with Crippen LogP contribution in [0.25, 0.3) is 0 Å². The second-order valence-corrected chi connectivity index (χ2v) is 6.94. The van der Waals surface area contributed by atoms with Crippen molar-refractivity contribution >= 4 is 63.7 Å². The normalized spacial score (nSPS) is 17.2. The monoisotopic (exact) mass is 375 g/mol. The van der Waals surface area contributed by atoms with Crippen molar-refractivity contribution in [2.24, 2.45) is 0 Å². The number of esters is 1. The molecule has 22 heavy (non-hydrogen) atoms. The van der Waals surface area contributed by atoms with Crippen LogP contribution in [0.15, 0.2) is 24.3 Å². The molecule has 114 valence electrons. The summed E-state index contributed by atoms with van der Waals surface area (Å²) >= 11 is 19.2. The molecule has 1 aromatic carbocycles. The molecular formula is C14H8Cl3NO3S. The van der Waals surface area contributed by atoms with Gasteiger partial charge in [0.05, 0.1) is 26.2 Å². The van der Waals surface area contributed by atoms with E-state index in [2.05, 4.69) is 0 Å². The summed E-state index contributed by atoms with van der Waals surface area (Å²) in [5.41, 5.74) is 0.784. The molecule has 1 aromatic heterocycles.